The van der Waals surface area contributed by atoms with Crippen LogP contribution in [0.3, 0.4) is 0 Å². The van der Waals surface area contributed by atoms with Crippen molar-refractivity contribution in [2.45, 2.75) is 186 Å². The Morgan fingerprint density at radius 3 is 0.795 bits per heavy atom. The topological polar surface area (TPSA) is 8.88 Å². The molecule has 3 aliphatic heterocycles. The molecule has 0 aliphatic carbocycles. The molecule has 230 valence electrons. The van der Waals surface area contributed by atoms with Crippen molar-refractivity contribution >= 4 is 0 Å². The summed E-state index contributed by atoms with van der Waals surface area (Å²) in [6.45, 7) is 8.88. The van der Waals surface area contributed by atoms with Gasteiger partial charge in [0.25, 0.3) is 0 Å². The Morgan fingerprint density at radius 2 is 0.462 bits per heavy atom. The van der Waals surface area contributed by atoms with Crippen molar-refractivity contribution in [3.8, 4) is 0 Å². The molecule has 3 saturated heterocycles. The van der Waals surface area contributed by atoms with Gasteiger partial charge in [-0.3, -0.25) is 0 Å². The Labute approximate surface area is 246 Å². The summed E-state index contributed by atoms with van der Waals surface area (Å²) in [7, 11) is 0. The molecule has 0 amide bonds. The second kappa shape index (κ2) is 23.5. The first-order chi connectivity index (χ1) is 19.4. The molecule has 4 unspecified atom stereocenters. The minimum atomic E-state index is 1.05. The highest BCUT2D eigenvalue weighted by Crippen LogP contribution is 2.19. The molecule has 2 heteroatoms. The molecule has 3 heterocycles. The van der Waals surface area contributed by atoms with E-state index in [1.807, 2.05) is 9.80 Å². The molecule has 3 fully saturated rings. The number of hydrogen-bond donors (Lipinski definition) is 2. The van der Waals surface area contributed by atoms with Gasteiger partial charge in [0.2, 0.25) is 0 Å². The van der Waals surface area contributed by atoms with Gasteiger partial charge in [0, 0.05) is 11.8 Å². The molecule has 3 rings (SSSR count). The van der Waals surface area contributed by atoms with Gasteiger partial charge in [-0.15, -0.1) is 0 Å². The van der Waals surface area contributed by atoms with E-state index < -0.39 is 0 Å². The lowest BCUT2D eigenvalue weighted by molar-refractivity contribution is -0.909. The fourth-order valence-corrected chi connectivity index (χ4v) is 8.43. The van der Waals surface area contributed by atoms with Gasteiger partial charge in [0.15, 0.2) is 0 Å². The number of fused-ring (bicyclic) bond motifs is 4. The Morgan fingerprint density at radius 1 is 0.231 bits per heavy atom. The Balaban J connectivity index is 1.27. The maximum atomic E-state index is 1.95. The summed E-state index contributed by atoms with van der Waals surface area (Å²) in [6.07, 6.45) is 43.6. The lowest BCUT2D eigenvalue weighted by Gasteiger charge is -2.30. The molecule has 2 N–H and O–H groups in total. The highest BCUT2D eigenvalue weighted by Gasteiger charge is 2.23. The maximum absolute atomic E-state index is 1.95. The second-order valence-corrected chi connectivity index (χ2v) is 14.6. The molecule has 3 aliphatic rings. The van der Waals surface area contributed by atoms with Crippen LogP contribution in [0.2, 0.25) is 0 Å². The number of hydrogen-bond acceptors (Lipinski definition) is 0. The van der Waals surface area contributed by atoms with Crippen LogP contribution in [0.5, 0.6) is 0 Å². The summed E-state index contributed by atoms with van der Waals surface area (Å²) >= 11 is 0. The van der Waals surface area contributed by atoms with Gasteiger partial charge in [-0.2, -0.15) is 0 Å². The molecular formula is C37H74N2+2. The molecule has 0 aromatic heterocycles. The third-order valence-corrected chi connectivity index (χ3v) is 11.0. The fourth-order valence-electron chi connectivity index (χ4n) is 8.43. The van der Waals surface area contributed by atoms with Crippen molar-refractivity contribution in [2.24, 2.45) is 11.8 Å². The van der Waals surface area contributed by atoms with Crippen LogP contribution in [-0.4, -0.2) is 39.3 Å². The highest BCUT2D eigenvalue weighted by molar-refractivity contribution is 4.64. The quantitative estimate of drug-likeness (QED) is 0.302. The molecule has 0 spiro atoms. The van der Waals surface area contributed by atoms with Crippen LogP contribution in [0, 0.1) is 11.8 Å². The predicted molar refractivity (Wildman–Crippen MR) is 172 cm³/mol. The van der Waals surface area contributed by atoms with Gasteiger partial charge in [-0.05, 0) is 64.2 Å². The smallest absolute Gasteiger partial charge is 0.0799 e. The van der Waals surface area contributed by atoms with E-state index in [1.54, 1.807) is 0 Å². The Bertz CT molecular complexity index is 488. The first-order valence-electron chi connectivity index (χ1n) is 19.1. The van der Waals surface area contributed by atoms with Crippen LogP contribution in [-0.2, 0) is 0 Å². The molecule has 39 heavy (non-hydrogen) atoms. The van der Waals surface area contributed by atoms with E-state index >= 15 is 0 Å². The number of nitrogens with one attached hydrogen (secondary N) is 2. The van der Waals surface area contributed by atoms with Crippen molar-refractivity contribution in [1.82, 2.24) is 0 Å². The third kappa shape index (κ3) is 17.5. The summed E-state index contributed by atoms with van der Waals surface area (Å²) in [5, 5.41) is 0. The molecular weight excluding hydrogens is 472 g/mol. The average Bonchev–Trinajstić information content (AvgIpc) is 2.95. The SMILES string of the molecule is C1CCCCCCC[NH+]2CCCC(CCCCCCCCCCCCC[NH+]3CCCC(CCCCCC1)C3)C2. The van der Waals surface area contributed by atoms with Gasteiger partial charge < -0.3 is 9.80 Å². The molecule has 0 aromatic carbocycles. The van der Waals surface area contributed by atoms with Crippen molar-refractivity contribution in [2.75, 3.05) is 39.3 Å². The summed E-state index contributed by atoms with van der Waals surface area (Å²) in [6, 6.07) is 0. The van der Waals surface area contributed by atoms with Crippen LogP contribution in [0.15, 0.2) is 0 Å². The van der Waals surface area contributed by atoms with Crippen LogP contribution < -0.4 is 9.80 Å². The number of piperidine rings is 2. The zero-order valence-electron chi connectivity index (χ0n) is 26.9. The summed E-state index contributed by atoms with van der Waals surface area (Å²) in [4.78, 5) is 3.91. The van der Waals surface area contributed by atoms with Crippen molar-refractivity contribution in [3.05, 3.63) is 0 Å². The lowest BCUT2D eigenvalue weighted by Crippen LogP contribution is -3.13. The van der Waals surface area contributed by atoms with Gasteiger partial charge in [0.05, 0.1) is 39.3 Å². The number of rotatable bonds is 0. The van der Waals surface area contributed by atoms with E-state index in [0.717, 1.165) is 11.8 Å². The highest BCUT2D eigenvalue weighted by atomic mass is 15.1. The minimum absolute atomic E-state index is 1.05. The van der Waals surface area contributed by atoms with Crippen molar-refractivity contribution in [1.29, 1.82) is 0 Å². The summed E-state index contributed by atoms with van der Waals surface area (Å²) < 4.78 is 0. The largest absolute Gasteiger partial charge is 0.335 e. The first kappa shape index (κ1) is 33.4. The number of quaternary nitrogens is 2. The van der Waals surface area contributed by atoms with E-state index in [0.29, 0.717) is 0 Å². The van der Waals surface area contributed by atoms with Crippen molar-refractivity contribution in [3.63, 3.8) is 0 Å². The first-order valence-corrected chi connectivity index (χ1v) is 19.1. The standard InChI is InChI=1S/C37H72N2/c1-2-6-10-14-18-22-30-38-32-25-29-37(35-38)27-21-17-13-9-5-3-7-11-15-19-23-31-39-33-24-28-36(34-39)26-20-16-12-8-4-1/h36-37H,1-35H2/p+2. The monoisotopic (exact) mass is 547 g/mol. The molecule has 4 atom stereocenters. The summed E-state index contributed by atoms with van der Waals surface area (Å²) in [5.41, 5.74) is 0. The van der Waals surface area contributed by atoms with Crippen molar-refractivity contribution < 1.29 is 9.80 Å². The normalized spacial score (nSPS) is 32.6. The summed E-state index contributed by atoms with van der Waals surface area (Å²) in [5.74, 6) is 2.09. The maximum Gasteiger partial charge on any atom is 0.0799 e. The fraction of sp³-hybridized carbons (Fsp3) is 1.00. The third-order valence-electron chi connectivity index (χ3n) is 11.0. The molecule has 2 nitrogen and oxygen atoms in total. The van der Waals surface area contributed by atoms with Gasteiger partial charge in [-0.1, -0.05) is 122 Å². The van der Waals surface area contributed by atoms with Crippen LogP contribution in [0.4, 0.5) is 0 Å². The van der Waals surface area contributed by atoms with E-state index in [1.165, 1.54) is 225 Å². The van der Waals surface area contributed by atoms with Crippen LogP contribution >= 0.6 is 0 Å². The van der Waals surface area contributed by atoms with Gasteiger partial charge >= 0.3 is 0 Å². The van der Waals surface area contributed by atoms with E-state index in [-0.39, 0.29) is 0 Å². The van der Waals surface area contributed by atoms with E-state index in [9.17, 15) is 0 Å². The van der Waals surface area contributed by atoms with Crippen LogP contribution in [0.25, 0.3) is 0 Å². The Kier molecular flexibility index (Phi) is 20.1. The zero-order chi connectivity index (χ0) is 27.1. The minimum Gasteiger partial charge on any atom is -0.335 e. The van der Waals surface area contributed by atoms with E-state index in [4.69, 9.17) is 0 Å². The molecule has 0 aromatic rings. The predicted octanol–water partition coefficient (Wildman–Crippen LogP) is 8.34. The van der Waals surface area contributed by atoms with E-state index in [2.05, 4.69) is 0 Å². The lowest BCUT2D eigenvalue weighted by atomic mass is 9.92. The molecule has 0 radical (unpaired) electrons. The molecule has 4 bridgehead atoms. The molecule has 0 saturated carbocycles. The average molecular weight is 547 g/mol. The Hall–Kier alpha value is -0.0800. The van der Waals surface area contributed by atoms with Gasteiger partial charge in [0.1, 0.15) is 0 Å². The second-order valence-electron chi connectivity index (χ2n) is 14.6. The van der Waals surface area contributed by atoms with Gasteiger partial charge in [-0.25, -0.2) is 0 Å². The zero-order valence-corrected chi connectivity index (χ0v) is 26.9. The van der Waals surface area contributed by atoms with Crippen LogP contribution in [0.1, 0.15) is 186 Å².